The van der Waals surface area contributed by atoms with Crippen molar-refractivity contribution in [2.75, 3.05) is 32.7 Å². The summed E-state index contributed by atoms with van der Waals surface area (Å²) in [5, 5.41) is 3.00. The number of hydrogen-bond donors (Lipinski definition) is 1. The molecule has 0 bridgehead atoms. The standard InChI is InChI=1S/C21H35N3O3S/c1-5-7-18(4)22-21(25)16-23-12-14-24(15-13-23)28(26,27)20-10-8-19(9-11-20)17(3)6-2/h8-11,17-18H,5-7,12-16H2,1-4H3,(H,22,25)/t17-,18-/m1/s1. The molecule has 1 amide bonds. The van der Waals surface area contributed by atoms with Gasteiger partial charge in [0.2, 0.25) is 15.9 Å². The zero-order valence-electron chi connectivity index (χ0n) is 17.6. The maximum absolute atomic E-state index is 12.9. The quantitative estimate of drug-likeness (QED) is 0.681. The first-order chi connectivity index (χ1) is 13.3. The molecule has 0 radical (unpaired) electrons. The fourth-order valence-electron chi connectivity index (χ4n) is 3.51. The average molecular weight is 410 g/mol. The fraction of sp³-hybridized carbons (Fsp3) is 0.667. The molecule has 1 saturated heterocycles. The molecule has 28 heavy (non-hydrogen) atoms. The number of carbonyl (C=O) groups excluding carboxylic acids is 1. The van der Waals surface area contributed by atoms with Crippen LogP contribution in [-0.4, -0.2) is 62.3 Å². The number of sulfonamides is 1. The molecule has 0 aliphatic carbocycles. The molecule has 1 aliphatic heterocycles. The number of nitrogens with zero attached hydrogens (tertiary/aromatic N) is 2. The van der Waals surface area contributed by atoms with Crippen LogP contribution in [0.25, 0.3) is 0 Å². The molecule has 0 saturated carbocycles. The van der Waals surface area contributed by atoms with Gasteiger partial charge in [0.15, 0.2) is 0 Å². The van der Waals surface area contributed by atoms with E-state index in [-0.39, 0.29) is 11.9 Å². The molecular weight excluding hydrogens is 374 g/mol. The molecule has 2 rings (SSSR count). The first-order valence-electron chi connectivity index (χ1n) is 10.4. The summed E-state index contributed by atoms with van der Waals surface area (Å²) in [6.45, 7) is 10.7. The van der Waals surface area contributed by atoms with E-state index in [1.807, 2.05) is 24.0 Å². The van der Waals surface area contributed by atoms with Crippen molar-refractivity contribution in [3.05, 3.63) is 29.8 Å². The lowest BCUT2D eigenvalue weighted by Crippen LogP contribution is -2.51. The Hall–Kier alpha value is -1.44. The Balaban J connectivity index is 1.90. The monoisotopic (exact) mass is 409 g/mol. The Morgan fingerprint density at radius 3 is 2.21 bits per heavy atom. The minimum Gasteiger partial charge on any atom is -0.353 e. The minimum absolute atomic E-state index is 0.0119. The fourth-order valence-corrected chi connectivity index (χ4v) is 4.93. The van der Waals surface area contributed by atoms with E-state index in [0.717, 1.165) is 24.8 Å². The van der Waals surface area contributed by atoms with Gasteiger partial charge in [-0.25, -0.2) is 8.42 Å². The van der Waals surface area contributed by atoms with E-state index >= 15 is 0 Å². The Morgan fingerprint density at radius 1 is 1.07 bits per heavy atom. The summed E-state index contributed by atoms with van der Waals surface area (Å²) in [6, 6.07) is 7.44. The third-order valence-corrected chi connectivity index (χ3v) is 7.44. The van der Waals surface area contributed by atoms with Crippen molar-refractivity contribution in [3.63, 3.8) is 0 Å². The van der Waals surface area contributed by atoms with Crippen LogP contribution >= 0.6 is 0 Å². The van der Waals surface area contributed by atoms with Crippen molar-refractivity contribution >= 4 is 15.9 Å². The number of piperazine rings is 1. The van der Waals surface area contributed by atoms with Crippen molar-refractivity contribution in [2.45, 2.75) is 63.8 Å². The predicted molar refractivity (Wildman–Crippen MR) is 113 cm³/mol. The second kappa shape index (κ2) is 10.4. The molecular formula is C21H35N3O3S. The number of carbonyl (C=O) groups is 1. The number of amides is 1. The van der Waals surface area contributed by atoms with Gasteiger partial charge in [-0.05, 0) is 43.4 Å². The van der Waals surface area contributed by atoms with E-state index in [4.69, 9.17) is 0 Å². The van der Waals surface area contributed by atoms with Gasteiger partial charge in [0.05, 0.1) is 11.4 Å². The summed E-state index contributed by atoms with van der Waals surface area (Å²) in [6.07, 6.45) is 3.03. The molecule has 6 nitrogen and oxygen atoms in total. The summed E-state index contributed by atoms with van der Waals surface area (Å²) < 4.78 is 27.4. The topological polar surface area (TPSA) is 69.7 Å². The Bertz CT molecular complexity index is 726. The van der Waals surface area contributed by atoms with E-state index in [9.17, 15) is 13.2 Å². The predicted octanol–water partition coefficient (Wildman–Crippen LogP) is 2.81. The Morgan fingerprint density at radius 2 is 1.68 bits per heavy atom. The summed E-state index contributed by atoms with van der Waals surface area (Å²) in [4.78, 5) is 14.5. The molecule has 7 heteroatoms. The first-order valence-corrected chi connectivity index (χ1v) is 11.8. The molecule has 1 aromatic carbocycles. The van der Waals surface area contributed by atoms with E-state index in [2.05, 4.69) is 26.1 Å². The molecule has 1 aliphatic rings. The van der Waals surface area contributed by atoms with Gasteiger partial charge in [-0.1, -0.05) is 39.3 Å². The van der Waals surface area contributed by atoms with E-state index < -0.39 is 10.0 Å². The van der Waals surface area contributed by atoms with E-state index in [1.165, 1.54) is 4.31 Å². The highest BCUT2D eigenvalue weighted by molar-refractivity contribution is 7.89. The second-order valence-electron chi connectivity index (χ2n) is 7.82. The van der Waals surface area contributed by atoms with Crippen LogP contribution in [0.3, 0.4) is 0 Å². The lowest BCUT2D eigenvalue weighted by atomic mass is 9.99. The molecule has 1 fully saturated rings. The van der Waals surface area contributed by atoms with Crippen molar-refractivity contribution in [3.8, 4) is 0 Å². The maximum atomic E-state index is 12.9. The maximum Gasteiger partial charge on any atom is 0.243 e. The van der Waals surface area contributed by atoms with E-state index in [0.29, 0.717) is 43.5 Å². The molecule has 0 aromatic heterocycles. The van der Waals surface area contributed by atoms with Crippen LogP contribution in [0.1, 0.15) is 58.4 Å². The van der Waals surface area contributed by atoms with Gasteiger partial charge in [0, 0.05) is 32.2 Å². The molecule has 0 unspecified atom stereocenters. The van der Waals surface area contributed by atoms with Crippen LogP contribution in [0.4, 0.5) is 0 Å². The third-order valence-electron chi connectivity index (χ3n) is 5.53. The number of benzene rings is 1. The summed E-state index contributed by atoms with van der Waals surface area (Å²) in [5.74, 6) is 0.435. The zero-order valence-corrected chi connectivity index (χ0v) is 18.5. The van der Waals surface area contributed by atoms with Gasteiger partial charge < -0.3 is 5.32 Å². The minimum atomic E-state index is -3.48. The molecule has 0 spiro atoms. The Kier molecular flexibility index (Phi) is 8.46. The molecule has 1 heterocycles. The van der Waals surface area contributed by atoms with Gasteiger partial charge in [-0.3, -0.25) is 9.69 Å². The highest BCUT2D eigenvalue weighted by Crippen LogP contribution is 2.23. The second-order valence-corrected chi connectivity index (χ2v) is 9.75. The van der Waals surface area contributed by atoms with Crippen molar-refractivity contribution in [1.29, 1.82) is 0 Å². The van der Waals surface area contributed by atoms with Crippen molar-refractivity contribution in [2.24, 2.45) is 0 Å². The van der Waals surface area contributed by atoms with Gasteiger partial charge >= 0.3 is 0 Å². The number of nitrogens with one attached hydrogen (secondary N) is 1. The van der Waals surface area contributed by atoms with Crippen LogP contribution in [0, 0.1) is 0 Å². The van der Waals surface area contributed by atoms with Crippen LogP contribution in [0.5, 0.6) is 0 Å². The zero-order chi connectivity index (χ0) is 20.7. The van der Waals surface area contributed by atoms with Crippen LogP contribution in [-0.2, 0) is 14.8 Å². The first kappa shape index (κ1) is 22.8. The molecule has 2 atom stereocenters. The van der Waals surface area contributed by atoms with Gasteiger partial charge in [0.25, 0.3) is 0 Å². The highest BCUT2D eigenvalue weighted by Gasteiger charge is 2.29. The molecule has 1 N–H and O–H groups in total. The van der Waals surface area contributed by atoms with Crippen molar-refractivity contribution in [1.82, 2.24) is 14.5 Å². The summed E-state index contributed by atoms with van der Waals surface area (Å²) in [7, 11) is -3.48. The van der Waals surface area contributed by atoms with Crippen LogP contribution in [0.2, 0.25) is 0 Å². The number of rotatable bonds is 9. The largest absolute Gasteiger partial charge is 0.353 e. The van der Waals surface area contributed by atoms with Gasteiger partial charge in [0.1, 0.15) is 0 Å². The van der Waals surface area contributed by atoms with E-state index in [1.54, 1.807) is 12.1 Å². The molecule has 1 aromatic rings. The Labute approximate surface area is 170 Å². The van der Waals surface area contributed by atoms with Crippen molar-refractivity contribution < 1.29 is 13.2 Å². The van der Waals surface area contributed by atoms with Gasteiger partial charge in [-0.15, -0.1) is 0 Å². The summed E-state index contributed by atoms with van der Waals surface area (Å²) >= 11 is 0. The average Bonchev–Trinajstić information content (AvgIpc) is 2.68. The van der Waals surface area contributed by atoms with Crippen LogP contribution in [0.15, 0.2) is 29.2 Å². The lowest BCUT2D eigenvalue weighted by molar-refractivity contribution is -0.123. The molecule has 158 valence electrons. The lowest BCUT2D eigenvalue weighted by Gasteiger charge is -2.33. The summed E-state index contributed by atoms with van der Waals surface area (Å²) in [5.41, 5.74) is 1.16. The van der Waals surface area contributed by atoms with Crippen LogP contribution < -0.4 is 5.32 Å². The third kappa shape index (κ3) is 6.03. The normalized spacial score (nSPS) is 18.6. The smallest absolute Gasteiger partial charge is 0.243 e. The number of hydrogen-bond acceptors (Lipinski definition) is 4. The SMILES string of the molecule is CCC[C@@H](C)NC(=O)CN1CCN(S(=O)(=O)c2ccc([C@H](C)CC)cc2)CC1. The highest BCUT2D eigenvalue weighted by atomic mass is 32.2. The van der Waals surface area contributed by atoms with Gasteiger partial charge in [-0.2, -0.15) is 4.31 Å².